The molecule has 2 fully saturated rings. The Bertz CT molecular complexity index is 689. The minimum atomic E-state index is -0.0556. The fraction of sp³-hybridized carbons (Fsp3) is 0.474. The molecular formula is C19H23N3O3. The summed E-state index contributed by atoms with van der Waals surface area (Å²) in [6.07, 6.45) is 4.53. The van der Waals surface area contributed by atoms with Gasteiger partial charge in [0.15, 0.2) is 0 Å². The largest absolute Gasteiger partial charge is 0.467 e. The summed E-state index contributed by atoms with van der Waals surface area (Å²) in [4.78, 5) is 19.5. The third kappa shape index (κ3) is 3.75. The Labute approximate surface area is 147 Å². The van der Waals surface area contributed by atoms with Crippen molar-refractivity contribution in [2.75, 3.05) is 19.7 Å². The second-order valence-corrected chi connectivity index (χ2v) is 6.78. The van der Waals surface area contributed by atoms with Crippen LogP contribution in [0.15, 0.2) is 47.2 Å². The van der Waals surface area contributed by atoms with Gasteiger partial charge in [-0.1, -0.05) is 6.07 Å². The first-order valence-corrected chi connectivity index (χ1v) is 8.83. The number of ether oxygens (including phenoxy) is 1. The van der Waals surface area contributed by atoms with E-state index in [-0.39, 0.29) is 17.9 Å². The lowest BCUT2D eigenvalue weighted by molar-refractivity contribution is -0.131. The quantitative estimate of drug-likeness (QED) is 0.899. The van der Waals surface area contributed by atoms with Gasteiger partial charge in [0.05, 0.1) is 30.5 Å². The number of hydrogen-bond donors (Lipinski definition) is 1. The van der Waals surface area contributed by atoms with Crippen molar-refractivity contribution < 1.29 is 13.9 Å². The van der Waals surface area contributed by atoms with Gasteiger partial charge >= 0.3 is 0 Å². The van der Waals surface area contributed by atoms with Gasteiger partial charge in [-0.15, -0.1) is 0 Å². The van der Waals surface area contributed by atoms with Crippen molar-refractivity contribution in [2.45, 2.75) is 25.6 Å². The molecule has 0 unspecified atom stereocenters. The van der Waals surface area contributed by atoms with E-state index in [2.05, 4.69) is 15.2 Å². The Hall–Kier alpha value is -2.18. The van der Waals surface area contributed by atoms with Crippen molar-refractivity contribution in [3.05, 3.63) is 54.2 Å². The van der Waals surface area contributed by atoms with Crippen LogP contribution in [0.2, 0.25) is 0 Å². The van der Waals surface area contributed by atoms with Crippen molar-refractivity contribution in [3.8, 4) is 0 Å². The molecule has 0 spiro atoms. The molecule has 25 heavy (non-hydrogen) atoms. The maximum atomic E-state index is 12.8. The molecule has 6 nitrogen and oxygen atoms in total. The number of furan rings is 1. The standard InChI is InChI=1S/C19H23N3O3/c23-19(21-10-15-5-3-8-24-15)17-12-22(11-14-4-1-2-7-20-14)13-18-16(17)6-9-25-18/h1-5,7-8,16-18H,6,9-13H2,(H,21,23)/t16-,17-,18+/m0/s1. The van der Waals surface area contributed by atoms with Gasteiger partial charge in [0.2, 0.25) is 5.91 Å². The Morgan fingerprint density at radius 2 is 2.24 bits per heavy atom. The van der Waals surface area contributed by atoms with Crippen molar-refractivity contribution in [3.63, 3.8) is 0 Å². The summed E-state index contributed by atoms with van der Waals surface area (Å²) in [5.41, 5.74) is 1.02. The average Bonchev–Trinajstić information content (AvgIpc) is 3.31. The van der Waals surface area contributed by atoms with E-state index in [0.29, 0.717) is 12.5 Å². The number of amides is 1. The highest BCUT2D eigenvalue weighted by Crippen LogP contribution is 2.34. The third-order valence-electron chi connectivity index (χ3n) is 5.14. The lowest BCUT2D eigenvalue weighted by Crippen LogP contribution is -2.52. The fourth-order valence-electron chi connectivity index (χ4n) is 3.90. The van der Waals surface area contributed by atoms with Crippen LogP contribution in [-0.4, -0.2) is 41.6 Å². The Kier molecular flexibility index (Phi) is 4.81. The van der Waals surface area contributed by atoms with E-state index >= 15 is 0 Å². The lowest BCUT2D eigenvalue weighted by Gasteiger charge is -2.39. The Balaban J connectivity index is 1.42. The van der Waals surface area contributed by atoms with Gasteiger partial charge in [-0.2, -0.15) is 0 Å². The van der Waals surface area contributed by atoms with Gasteiger partial charge in [0, 0.05) is 38.4 Å². The first kappa shape index (κ1) is 16.3. The number of fused-ring (bicyclic) bond motifs is 1. The van der Waals surface area contributed by atoms with Gasteiger partial charge in [-0.3, -0.25) is 14.7 Å². The molecule has 2 saturated heterocycles. The normalized spacial score (nSPS) is 26.3. The van der Waals surface area contributed by atoms with E-state index in [1.807, 2.05) is 36.5 Å². The van der Waals surface area contributed by atoms with Crippen LogP contribution >= 0.6 is 0 Å². The highest BCUT2D eigenvalue weighted by atomic mass is 16.5. The molecule has 4 rings (SSSR count). The summed E-state index contributed by atoms with van der Waals surface area (Å²) in [6, 6.07) is 9.64. The van der Waals surface area contributed by atoms with Gasteiger partial charge in [0.25, 0.3) is 0 Å². The number of piperidine rings is 1. The Morgan fingerprint density at radius 3 is 3.04 bits per heavy atom. The molecule has 132 valence electrons. The van der Waals surface area contributed by atoms with Crippen LogP contribution in [0.4, 0.5) is 0 Å². The van der Waals surface area contributed by atoms with Crippen LogP contribution in [0, 0.1) is 11.8 Å². The lowest BCUT2D eigenvalue weighted by atomic mass is 9.82. The van der Waals surface area contributed by atoms with Crippen molar-refractivity contribution in [2.24, 2.45) is 11.8 Å². The topological polar surface area (TPSA) is 67.6 Å². The van der Waals surface area contributed by atoms with Crippen molar-refractivity contribution in [1.29, 1.82) is 0 Å². The van der Waals surface area contributed by atoms with Crippen LogP contribution in [0.1, 0.15) is 17.9 Å². The number of carbonyl (C=O) groups is 1. The first-order chi connectivity index (χ1) is 12.3. The molecule has 2 aliphatic heterocycles. The van der Waals surface area contributed by atoms with Crippen LogP contribution in [0.3, 0.4) is 0 Å². The second-order valence-electron chi connectivity index (χ2n) is 6.78. The molecule has 1 amide bonds. The predicted octanol–water partition coefficient (Wildman–Crippen LogP) is 1.83. The van der Waals surface area contributed by atoms with Crippen LogP contribution in [0.25, 0.3) is 0 Å². The molecule has 0 saturated carbocycles. The van der Waals surface area contributed by atoms with Crippen LogP contribution in [-0.2, 0) is 22.6 Å². The van der Waals surface area contributed by atoms with Gasteiger partial charge < -0.3 is 14.5 Å². The number of carbonyl (C=O) groups excluding carboxylic acids is 1. The summed E-state index contributed by atoms with van der Waals surface area (Å²) < 4.78 is 11.2. The van der Waals surface area contributed by atoms with E-state index in [4.69, 9.17) is 9.15 Å². The molecule has 2 aromatic heterocycles. The molecule has 4 heterocycles. The predicted molar refractivity (Wildman–Crippen MR) is 91.4 cm³/mol. The van der Waals surface area contributed by atoms with E-state index in [9.17, 15) is 4.79 Å². The van der Waals surface area contributed by atoms with E-state index in [1.165, 1.54) is 0 Å². The zero-order valence-electron chi connectivity index (χ0n) is 14.1. The maximum absolute atomic E-state index is 12.8. The molecule has 2 aromatic rings. The second kappa shape index (κ2) is 7.37. The monoisotopic (exact) mass is 341 g/mol. The molecule has 0 aliphatic carbocycles. The minimum absolute atomic E-state index is 0.0556. The third-order valence-corrected chi connectivity index (χ3v) is 5.14. The van der Waals surface area contributed by atoms with Crippen LogP contribution in [0.5, 0.6) is 0 Å². The first-order valence-electron chi connectivity index (χ1n) is 8.83. The smallest absolute Gasteiger partial charge is 0.225 e. The highest BCUT2D eigenvalue weighted by Gasteiger charge is 2.43. The fourth-order valence-corrected chi connectivity index (χ4v) is 3.90. The average molecular weight is 341 g/mol. The van der Waals surface area contributed by atoms with Gasteiger partial charge in [0.1, 0.15) is 5.76 Å². The van der Waals surface area contributed by atoms with E-state index in [1.54, 1.807) is 6.26 Å². The molecule has 0 radical (unpaired) electrons. The van der Waals surface area contributed by atoms with E-state index in [0.717, 1.165) is 44.1 Å². The summed E-state index contributed by atoms with van der Waals surface area (Å²) in [5.74, 6) is 1.10. The number of likely N-dealkylation sites (tertiary alicyclic amines) is 1. The SMILES string of the molecule is O=C(NCc1ccco1)[C@H]1CN(Cc2ccccn2)C[C@H]2OCC[C@@H]12. The molecule has 1 N–H and O–H groups in total. The van der Waals surface area contributed by atoms with Gasteiger partial charge in [-0.05, 0) is 30.7 Å². The minimum Gasteiger partial charge on any atom is -0.467 e. The summed E-state index contributed by atoms with van der Waals surface area (Å²) in [7, 11) is 0. The highest BCUT2D eigenvalue weighted by molar-refractivity contribution is 5.79. The molecule has 0 aromatic carbocycles. The number of rotatable bonds is 5. The van der Waals surface area contributed by atoms with E-state index < -0.39 is 0 Å². The maximum Gasteiger partial charge on any atom is 0.225 e. The zero-order valence-corrected chi connectivity index (χ0v) is 14.1. The molecule has 0 bridgehead atoms. The van der Waals surface area contributed by atoms with Crippen molar-refractivity contribution in [1.82, 2.24) is 15.2 Å². The molecule has 3 atom stereocenters. The Morgan fingerprint density at radius 1 is 1.28 bits per heavy atom. The summed E-state index contributed by atoms with van der Waals surface area (Å²) in [6.45, 7) is 3.53. The molecule has 6 heteroatoms. The number of nitrogens with one attached hydrogen (secondary N) is 1. The summed E-state index contributed by atoms with van der Waals surface area (Å²) >= 11 is 0. The zero-order chi connectivity index (χ0) is 17.1. The summed E-state index contributed by atoms with van der Waals surface area (Å²) in [5, 5.41) is 3.02. The number of hydrogen-bond acceptors (Lipinski definition) is 5. The number of pyridine rings is 1. The molecule has 2 aliphatic rings. The number of aromatic nitrogens is 1. The van der Waals surface area contributed by atoms with Crippen LogP contribution < -0.4 is 5.32 Å². The molecular weight excluding hydrogens is 318 g/mol. The number of nitrogens with zero attached hydrogens (tertiary/aromatic N) is 2. The van der Waals surface area contributed by atoms with Gasteiger partial charge in [-0.25, -0.2) is 0 Å². The van der Waals surface area contributed by atoms with Crippen molar-refractivity contribution >= 4 is 5.91 Å².